The highest BCUT2D eigenvalue weighted by Crippen LogP contribution is 2.25. The van der Waals surface area contributed by atoms with E-state index in [1.807, 2.05) is 60.7 Å². The van der Waals surface area contributed by atoms with Gasteiger partial charge in [-0.05, 0) is 28.8 Å². The quantitative estimate of drug-likeness (QED) is 0.432. The van der Waals surface area contributed by atoms with Gasteiger partial charge in [0.25, 0.3) is 0 Å². The summed E-state index contributed by atoms with van der Waals surface area (Å²) in [4.78, 5) is 12.5. The molecule has 0 aromatic heterocycles. The zero-order chi connectivity index (χ0) is 22.8. The van der Waals surface area contributed by atoms with E-state index in [4.69, 9.17) is 4.74 Å². The Labute approximate surface area is 189 Å². The molecule has 32 heavy (non-hydrogen) atoms. The first-order valence-electron chi connectivity index (χ1n) is 10.2. The van der Waals surface area contributed by atoms with Gasteiger partial charge in [-0.1, -0.05) is 78.9 Å². The number of nitrogens with one attached hydrogen (secondary N) is 2. The molecule has 0 aliphatic rings. The summed E-state index contributed by atoms with van der Waals surface area (Å²) in [5, 5.41) is 2.78. The second-order valence-electron chi connectivity index (χ2n) is 7.15. The smallest absolute Gasteiger partial charge is 0.250 e. The van der Waals surface area contributed by atoms with Crippen molar-refractivity contribution in [2.45, 2.75) is 11.9 Å². The third-order valence-electron chi connectivity index (χ3n) is 4.63. The van der Waals surface area contributed by atoms with Gasteiger partial charge in [0.1, 0.15) is 12.7 Å². The molecular weight excluding hydrogens is 424 g/mol. The monoisotopic (exact) mass is 450 g/mol. The van der Waals surface area contributed by atoms with Crippen LogP contribution in [0, 0.1) is 0 Å². The second kappa shape index (κ2) is 11.4. The van der Waals surface area contributed by atoms with Crippen molar-refractivity contribution in [1.82, 2.24) is 4.72 Å². The first-order chi connectivity index (χ1) is 15.5. The average molecular weight is 451 g/mol. The van der Waals surface area contributed by atoms with E-state index in [1.54, 1.807) is 24.3 Å². The molecule has 0 unspecified atom stereocenters. The van der Waals surface area contributed by atoms with Gasteiger partial charge in [-0.2, -0.15) is 0 Å². The Bertz CT molecular complexity index is 1080. The van der Waals surface area contributed by atoms with Crippen molar-refractivity contribution in [3.05, 3.63) is 114 Å². The van der Waals surface area contributed by atoms with Crippen LogP contribution in [0.15, 0.2) is 97.6 Å². The fourth-order valence-corrected chi connectivity index (χ4v) is 4.24. The Morgan fingerprint density at radius 1 is 0.906 bits per heavy atom. The summed E-state index contributed by atoms with van der Waals surface area (Å²) in [7, 11) is -3.43. The molecular formula is C25H26N2O4S. The number of sulfonamides is 1. The SMILES string of the molecule is C=CCNS(=O)(=O)Cc1ccc(NC(=O)COC(c2ccccc2)c2ccccc2)cc1. The molecule has 0 heterocycles. The van der Waals surface area contributed by atoms with Gasteiger partial charge in [-0.25, -0.2) is 13.1 Å². The maximum Gasteiger partial charge on any atom is 0.250 e. The van der Waals surface area contributed by atoms with Gasteiger partial charge < -0.3 is 10.1 Å². The molecule has 166 valence electrons. The highest BCUT2D eigenvalue weighted by molar-refractivity contribution is 7.88. The van der Waals surface area contributed by atoms with E-state index in [1.165, 1.54) is 6.08 Å². The van der Waals surface area contributed by atoms with Gasteiger partial charge in [0.15, 0.2) is 0 Å². The highest BCUT2D eigenvalue weighted by atomic mass is 32.2. The standard InChI is InChI=1S/C25H26N2O4S/c1-2-17-26-32(29,30)19-20-13-15-23(16-14-20)27-24(28)18-31-25(21-9-5-3-6-10-21)22-11-7-4-8-12-22/h2-16,25-26H,1,17-19H2,(H,27,28). The van der Waals surface area contributed by atoms with Gasteiger partial charge >= 0.3 is 0 Å². The number of hydrogen-bond acceptors (Lipinski definition) is 4. The van der Waals surface area contributed by atoms with Crippen molar-refractivity contribution in [3.63, 3.8) is 0 Å². The minimum Gasteiger partial charge on any atom is -0.359 e. The molecule has 0 aliphatic heterocycles. The minimum absolute atomic E-state index is 0.129. The lowest BCUT2D eigenvalue weighted by molar-refractivity contribution is -0.121. The van der Waals surface area contributed by atoms with E-state index in [-0.39, 0.29) is 30.9 Å². The topological polar surface area (TPSA) is 84.5 Å². The number of carbonyl (C=O) groups excluding carboxylic acids is 1. The number of ether oxygens (including phenoxy) is 1. The maximum atomic E-state index is 12.5. The molecule has 6 nitrogen and oxygen atoms in total. The zero-order valence-electron chi connectivity index (χ0n) is 17.6. The predicted molar refractivity (Wildman–Crippen MR) is 127 cm³/mol. The molecule has 3 rings (SSSR count). The van der Waals surface area contributed by atoms with Crippen LogP contribution >= 0.6 is 0 Å². The third kappa shape index (κ3) is 7.16. The molecule has 7 heteroatoms. The fraction of sp³-hybridized carbons (Fsp3) is 0.160. The summed E-state index contributed by atoms with van der Waals surface area (Å²) in [6.07, 6.45) is 1.12. The van der Waals surface area contributed by atoms with Crippen molar-refractivity contribution in [3.8, 4) is 0 Å². The van der Waals surface area contributed by atoms with E-state index in [0.717, 1.165) is 11.1 Å². The van der Waals surface area contributed by atoms with Crippen LogP contribution in [0.25, 0.3) is 0 Å². The van der Waals surface area contributed by atoms with E-state index in [9.17, 15) is 13.2 Å². The lowest BCUT2D eigenvalue weighted by atomic mass is 10.0. The summed E-state index contributed by atoms with van der Waals surface area (Å²) < 4.78 is 32.3. The molecule has 0 aliphatic carbocycles. The van der Waals surface area contributed by atoms with Crippen LogP contribution in [0.1, 0.15) is 22.8 Å². The Balaban J connectivity index is 1.59. The van der Waals surface area contributed by atoms with Crippen LogP contribution in [-0.2, 0) is 25.3 Å². The second-order valence-corrected chi connectivity index (χ2v) is 8.96. The Morgan fingerprint density at radius 3 is 2.00 bits per heavy atom. The summed E-state index contributed by atoms with van der Waals surface area (Å²) >= 11 is 0. The fourth-order valence-electron chi connectivity index (χ4n) is 3.14. The van der Waals surface area contributed by atoms with Gasteiger partial charge in [0.2, 0.25) is 15.9 Å². The van der Waals surface area contributed by atoms with Crippen molar-refractivity contribution in [2.75, 3.05) is 18.5 Å². The van der Waals surface area contributed by atoms with Crippen LogP contribution < -0.4 is 10.0 Å². The number of hydrogen-bond donors (Lipinski definition) is 2. The molecule has 0 atom stereocenters. The van der Waals surface area contributed by atoms with Gasteiger partial charge in [0.05, 0.1) is 5.75 Å². The summed E-state index contributed by atoms with van der Waals surface area (Å²) in [6.45, 7) is 3.55. The minimum atomic E-state index is -3.43. The van der Waals surface area contributed by atoms with Crippen molar-refractivity contribution in [2.24, 2.45) is 0 Å². The molecule has 0 saturated heterocycles. The Morgan fingerprint density at radius 2 is 1.47 bits per heavy atom. The Kier molecular flexibility index (Phi) is 8.33. The van der Waals surface area contributed by atoms with Gasteiger partial charge in [-0.15, -0.1) is 6.58 Å². The first-order valence-corrected chi connectivity index (χ1v) is 11.8. The summed E-state index contributed by atoms with van der Waals surface area (Å²) in [5.41, 5.74) is 3.10. The van der Waals surface area contributed by atoms with Crippen molar-refractivity contribution >= 4 is 21.6 Å². The van der Waals surface area contributed by atoms with Crippen LogP contribution in [0.4, 0.5) is 5.69 Å². The summed E-state index contributed by atoms with van der Waals surface area (Å²) in [5.74, 6) is -0.441. The van der Waals surface area contributed by atoms with Crippen molar-refractivity contribution in [1.29, 1.82) is 0 Å². The number of rotatable bonds is 11. The normalized spacial score (nSPS) is 11.3. The average Bonchev–Trinajstić information content (AvgIpc) is 2.80. The first kappa shape index (κ1) is 23.4. The summed E-state index contributed by atoms with van der Waals surface area (Å²) in [6, 6.07) is 26.1. The van der Waals surface area contributed by atoms with E-state index < -0.39 is 10.0 Å². The zero-order valence-corrected chi connectivity index (χ0v) is 18.4. The van der Waals surface area contributed by atoms with Gasteiger partial charge in [0, 0.05) is 12.2 Å². The van der Waals surface area contributed by atoms with E-state index in [0.29, 0.717) is 11.3 Å². The van der Waals surface area contributed by atoms with Crippen LogP contribution in [0.2, 0.25) is 0 Å². The molecule has 0 bridgehead atoms. The molecule has 3 aromatic rings. The van der Waals surface area contributed by atoms with E-state index in [2.05, 4.69) is 16.6 Å². The van der Waals surface area contributed by atoms with E-state index >= 15 is 0 Å². The number of carbonyl (C=O) groups is 1. The highest BCUT2D eigenvalue weighted by Gasteiger charge is 2.16. The molecule has 0 saturated carbocycles. The molecule has 1 amide bonds. The Hall–Kier alpha value is -3.26. The van der Waals surface area contributed by atoms with Crippen molar-refractivity contribution < 1.29 is 17.9 Å². The van der Waals surface area contributed by atoms with Crippen LogP contribution in [0.3, 0.4) is 0 Å². The number of benzene rings is 3. The molecule has 3 aromatic carbocycles. The molecule has 2 N–H and O–H groups in total. The number of anilines is 1. The largest absolute Gasteiger partial charge is 0.359 e. The maximum absolute atomic E-state index is 12.5. The van der Waals surface area contributed by atoms with Gasteiger partial charge in [-0.3, -0.25) is 4.79 Å². The molecule has 0 spiro atoms. The number of amides is 1. The lowest BCUT2D eigenvalue weighted by Crippen LogP contribution is -2.25. The molecule has 0 radical (unpaired) electrons. The third-order valence-corrected chi connectivity index (χ3v) is 5.95. The lowest BCUT2D eigenvalue weighted by Gasteiger charge is -2.19. The van der Waals surface area contributed by atoms with Crippen LogP contribution in [0.5, 0.6) is 0 Å². The predicted octanol–water partition coefficient (Wildman–Crippen LogP) is 4.04. The van der Waals surface area contributed by atoms with Crippen LogP contribution in [-0.4, -0.2) is 27.5 Å². The molecule has 0 fully saturated rings.